The number of phenolic OH excluding ortho intramolecular Hbond substituents is 1. The molecule has 0 aliphatic carbocycles. The molecule has 0 bridgehead atoms. The second-order valence-electron chi connectivity index (χ2n) is 10.6. The van der Waals surface area contributed by atoms with Crippen LogP contribution in [-0.4, -0.2) is 52.6 Å². The summed E-state index contributed by atoms with van der Waals surface area (Å²) in [7, 11) is 0. The van der Waals surface area contributed by atoms with E-state index in [9.17, 15) is 19.5 Å². The van der Waals surface area contributed by atoms with Gasteiger partial charge >= 0.3 is 6.09 Å². The predicted molar refractivity (Wildman–Crippen MR) is 147 cm³/mol. The van der Waals surface area contributed by atoms with Crippen LogP contribution in [0.5, 0.6) is 5.75 Å². The first-order chi connectivity index (χ1) is 17.5. The van der Waals surface area contributed by atoms with E-state index >= 15 is 0 Å². The Kier molecular flexibility index (Phi) is 14.7. The first-order valence-electron chi connectivity index (χ1n) is 13.9. The van der Waals surface area contributed by atoms with Gasteiger partial charge in [-0.2, -0.15) is 0 Å². The third-order valence-corrected chi connectivity index (χ3v) is 6.01. The SMILES string of the molecule is CCCCCCCCN(C(=O)C(C)NC(=O)OC(C)(C)C)C(C(=O)NCCCCC)c1ccccc1O. The van der Waals surface area contributed by atoms with Crippen LogP contribution < -0.4 is 10.6 Å². The molecule has 0 heterocycles. The second kappa shape index (κ2) is 16.9. The highest BCUT2D eigenvalue weighted by molar-refractivity contribution is 5.92. The minimum Gasteiger partial charge on any atom is -0.508 e. The van der Waals surface area contributed by atoms with Gasteiger partial charge in [0, 0.05) is 18.7 Å². The summed E-state index contributed by atoms with van der Waals surface area (Å²) in [5, 5.41) is 16.2. The largest absolute Gasteiger partial charge is 0.508 e. The average molecular weight is 520 g/mol. The molecule has 0 aliphatic rings. The zero-order chi connectivity index (χ0) is 27.8. The molecule has 210 valence electrons. The number of carbonyl (C=O) groups excluding carboxylic acids is 3. The molecule has 8 nitrogen and oxygen atoms in total. The van der Waals surface area contributed by atoms with Gasteiger partial charge in [-0.25, -0.2) is 4.79 Å². The number of aromatic hydroxyl groups is 1. The summed E-state index contributed by atoms with van der Waals surface area (Å²) in [6.07, 6.45) is 8.26. The Balaban J connectivity index is 3.22. The summed E-state index contributed by atoms with van der Waals surface area (Å²) in [6, 6.07) is 4.66. The summed E-state index contributed by atoms with van der Waals surface area (Å²) in [5.74, 6) is -0.803. The fourth-order valence-electron chi connectivity index (χ4n) is 4.08. The van der Waals surface area contributed by atoms with Gasteiger partial charge in [0.2, 0.25) is 11.8 Å². The van der Waals surface area contributed by atoms with Crippen molar-refractivity contribution >= 4 is 17.9 Å². The van der Waals surface area contributed by atoms with E-state index in [0.717, 1.165) is 44.9 Å². The molecule has 0 aromatic heterocycles. The second-order valence-corrected chi connectivity index (χ2v) is 10.6. The van der Waals surface area contributed by atoms with E-state index in [2.05, 4.69) is 24.5 Å². The summed E-state index contributed by atoms with van der Waals surface area (Å²) in [5.41, 5.74) is -0.346. The molecule has 3 amide bonds. The molecule has 2 unspecified atom stereocenters. The van der Waals surface area contributed by atoms with Gasteiger partial charge in [0.05, 0.1) is 0 Å². The van der Waals surface area contributed by atoms with E-state index in [-0.39, 0.29) is 11.7 Å². The van der Waals surface area contributed by atoms with Gasteiger partial charge in [0.15, 0.2) is 0 Å². The molecule has 0 radical (unpaired) electrons. The van der Waals surface area contributed by atoms with Gasteiger partial charge in [-0.05, 0) is 46.6 Å². The quantitative estimate of drug-likeness (QED) is 0.238. The number of hydrogen-bond acceptors (Lipinski definition) is 5. The predicted octanol–water partition coefficient (Wildman–Crippen LogP) is 5.84. The maximum absolute atomic E-state index is 13.7. The highest BCUT2D eigenvalue weighted by atomic mass is 16.6. The van der Waals surface area contributed by atoms with Gasteiger partial charge in [0.1, 0.15) is 23.4 Å². The molecule has 0 fully saturated rings. The standard InChI is InChI=1S/C29H49N3O5/c1-7-9-11-12-13-17-21-32(27(35)22(3)31-28(36)37-29(4,5)6)25(23-18-14-15-19-24(23)33)26(34)30-20-16-10-8-2/h14-15,18-19,22,25,33H,7-13,16-17,20-21H2,1-6H3,(H,30,34)(H,31,36). The van der Waals surface area contributed by atoms with Crippen molar-refractivity contribution in [2.24, 2.45) is 0 Å². The molecule has 1 aromatic rings. The van der Waals surface area contributed by atoms with E-state index in [1.165, 1.54) is 17.4 Å². The highest BCUT2D eigenvalue weighted by Crippen LogP contribution is 2.30. The van der Waals surface area contributed by atoms with Crippen molar-refractivity contribution in [1.82, 2.24) is 15.5 Å². The van der Waals surface area contributed by atoms with Crippen molar-refractivity contribution < 1.29 is 24.2 Å². The van der Waals surface area contributed by atoms with Crippen LogP contribution in [0.25, 0.3) is 0 Å². The van der Waals surface area contributed by atoms with Crippen molar-refractivity contribution in [3.8, 4) is 5.75 Å². The fourth-order valence-corrected chi connectivity index (χ4v) is 4.08. The molecule has 0 aliphatic heterocycles. The zero-order valence-electron chi connectivity index (χ0n) is 23.8. The number of phenols is 1. The Labute approximate surface area is 223 Å². The Morgan fingerprint density at radius 3 is 2.16 bits per heavy atom. The minimum absolute atomic E-state index is 0.0512. The third kappa shape index (κ3) is 12.3. The first kappa shape index (κ1) is 32.3. The van der Waals surface area contributed by atoms with Crippen LogP contribution in [0.3, 0.4) is 0 Å². The lowest BCUT2D eigenvalue weighted by Gasteiger charge is -2.34. The van der Waals surface area contributed by atoms with E-state index < -0.39 is 29.7 Å². The molecule has 8 heteroatoms. The normalized spacial score (nSPS) is 12.9. The van der Waals surface area contributed by atoms with Gasteiger partial charge in [-0.15, -0.1) is 0 Å². The minimum atomic E-state index is -1.02. The van der Waals surface area contributed by atoms with Crippen LogP contribution in [0.1, 0.15) is 111 Å². The van der Waals surface area contributed by atoms with E-state index in [4.69, 9.17) is 4.74 Å². The smallest absolute Gasteiger partial charge is 0.408 e. The topological polar surface area (TPSA) is 108 Å². The summed E-state index contributed by atoms with van der Waals surface area (Å²) in [4.78, 5) is 41.1. The molecular weight excluding hydrogens is 470 g/mol. The maximum Gasteiger partial charge on any atom is 0.408 e. The van der Waals surface area contributed by atoms with Gasteiger partial charge < -0.3 is 25.4 Å². The number of para-hydroxylation sites is 1. The van der Waals surface area contributed by atoms with Crippen LogP contribution >= 0.6 is 0 Å². The molecule has 1 rings (SSSR count). The van der Waals surface area contributed by atoms with E-state index in [1.54, 1.807) is 45.9 Å². The fraction of sp³-hybridized carbons (Fsp3) is 0.690. The maximum atomic E-state index is 13.7. The Morgan fingerprint density at radius 2 is 1.54 bits per heavy atom. The number of amides is 3. The average Bonchev–Trinajstić information content (AvgIpc) is 2.82. The Hall–Kier alpha value is -2.77. The molecule has 0 saturated carbocycles. The van der Waals surface area contributed by atoms with Crippen molar-refractivity contribution in [3.63, 3.8) is 0 Å². The van der Waals surface area contributed by atoms with Crippen molar-refractivity contribution in [2.45, 2.75) is 117 Å². The van der Waals surface area contributed by atoms with Crippen LogP contribution in [0, 0.1) is 0 Å². The number of rotatable bonds is 16. The van der Waals surface area contributed by atoms with E-state index in [0.29, 0.717) is 25.1 Å². The molecule has 1 aromatic carbocycles. The van der Waals surface area contributed by atoms with Crippen LogP contribution in [-0.2, 0) is 14.3 Å². The van der Waals surface area contributed by atoms with E-state index in [1.807, 2.05) is 0 Å². The van der Waals surface area contributed by atoms with Crippen LogP contribution in [0.4, 0.5) is 4.79 Å². The van der Waals surface area contributed by atoms with Crippen molar-refractivity contribution in [2.75, 3.05) is 13.1 Å². The Bertz CT molecular complexity index is 837. The number of nitrogens with one attached hydrogen (secondary N) is 2. The third-order valence-electron chi connectivity index (χ3n) is 6.01. The van der Waals surface area contributed by atoms with Gasteiger partial charge in [-0.1, -0.05) is 77.0 Å². The number of nitrogens with zero attached hydrogens (tertiary/aromatic N) is 1. The van der Waals surface area contributed by atoms with Gasteiger partial charge in [-0.3, -0.25) is 9.59 Å². The van der Waals surface area contributed by atoms with Crippen LogP contribution in [0.2, 0.25) is 0 Å². The molecule has 3 N–H and O–H groups in total. The van der Waals surface area contributed by atoms with Crippen LogP contribution in [0.15, 0.2) is 24.3 Å². The summed E-state index contributed by atoms with van der Waals surface area (Å²) in [6.45, 7) is 11.9. The lowest BCUT2D eigenvalue weighted by Crippen LogP contribution is -2.52. The number of ether oxygens (including phenoxy) is 1. The van der Waals surface area contributed by atoms with Gasteiger partial charge in [0.25, 0.3) is 0 Å². The summed E-state index contributed by atoms with van der Waals surface area (Å²) >= 11 is 0. The number of carbonyl (C=O) groups is 3. The molecule has 2 atom stereocenters. The molecule has 0 saturated heterocycles. The monoisotopic (exact) mass is 519 g/mol. The number of alkyl carbamates (subject to hydrolysis) is 1. The Morgan fingerprint density at radius 1 is 0.946 bits per heavy atom. The van der Waals surface area contributed by atoms with Crippen molar-refractivity contribution in [1.29, 1.82) is 0 Å². The lowest BCUT2D eigenvalue weighted by atomic mass is 10.0. The summed E-state index contributed by atoms with van der Waals surface area (Å²) < 4.78 is 5.32. The number of unbranched alkanes of at least 4 members (excludes halogenated alkanes) is 7. The molecule has 37 heavy (non-hydrogen) atoms. The first-order valence-corrected chi connectivity index (χ1v) is 13.9. The van der Waals surface area contributed by atoms with Crippen molar-refractivity contribution in [3.05, 3.63) is 29.8 Å². The lowest BCUT2D eigenvalue weighted by molar-refractivity contribution is -0.142. The zero-order valence-corrected chi connectivity index (χ0v) is 23.8. The highest BCUT2D eigenvalue weighted by Gasteiger charge is 2.35. The molecular formula is C29H49N3O5. The number of benzene rings is 1. The molecule has 0 spiro atoms. The number of hydrogen-bond donors (Lipinski definition) is 3.